The summed E-state index contributed by atoms with van der Waals surface area (Å²) in [5.41, 5.74) is 10.8. The Morgan fingerprint density at radius 3 is 2.61 bits per heavy atom. The molecule has 0 aliphatic rings. The molecule has 1 aromatic carbocycles. The summed E-state index contributed by atoms with van der Waals surface area (Å²) < 4.78 is 5.31. The van der Waals surface area contributed by atoms with E-state index < -0.39 is 0 Å². The molecule has 2 N–H and O–H groups in total. The van der Waals surface area contributed by atoms with Crippen molar-refractivity contribution in [2.24, 2.45) is 5.73 Å². The topological polar surface area (TPSA) is 48.1 Å². The van der Waals surface area contributed by atoms with Crippen molar-refractivity contribution in [1.82, 2.24) is 4.98 Å². The number of nitrogens with two attached hydrogens (primary N) is 1. The van der Waals surface area contributed by atoms with Gasteiger partial charge in [-0.25, -0.2) is 0 Å². The average molecular weight is 242 g/mol. The minimum absolute atomic E-state index is 0.191. The van der Waals surface area contributed by atoms with Gasteiger partial charge in [0.2, 0.25) is 0 Å². The standard InChI is InChI=1S/C15H18N2O/c1-10-4-5-12(11(2)8-10)15(16)13-6-7-17-9-14(13)18-3/h4-9,15H,16H2,1-3H3. The molecule has 1 atom stereocenters. The Labute approximate surface area is 108 Å². The maximum Gasteiger partial charge on any atom is 0.142 e. The quantitative estimate of drug-likeness (QED) is 0.900. The highest BCUT2D eigenvalue weighted by Crippen LogP contribution is 2.29. The summed E-state index contributed by atoms with van der Waals surface area (Å²) in [6.45, 7) is 4.16. The van der Waals surface area contributed by atoms with E-state index in [1.165, 1.54) is 11.1 Å². The predicted octanol–water partition coefficient (Wildman–Crippen LogP) is 2.76. The minimum Gasteiger partial charge on any atom is -0.495 e. The van der Waals surface area contributed by atoms with E-state index >= 15 is 0 Å². The molecule has 1 unspecified atom stereocenters. The number of rotatable bonds is 3. The molecule has 1 heterocycles. The van der Waals surface area contributed by atoms with Crippen LogP contribution in [0.25, 0.3) is 0 Å². The van der Waals surface area contributed by atoms with Gasteiger partial charge in [-0.1, -0.05) is 23.8 Å². The Morgan fingerprint density at radius 1 is 1.17 bits per heavy atom. The van der Waals surface area contributed by atoms with E-state index in [9.17, 15) is 0 Å². The highest BCUT2D eigenvalue weighted by Gasteiger charge is 2.15. The van der Waals surface area contributed by atoms with Crippen molar-refractivity contribution in [1.29, 1.82) is 0 Å². The Balaban J connectivity index is 2.44. The second-order valence-corrected chi connectivity index (χ2v) is 4.46. The molecule has 18 heavy (non-hydrogen) atoms. The molecule has 0 saturated carbocycles. The fraction of sp³-hybridized carbons (Fsp3) is 0.267. The number of nitrogens with zero attached hydrogens (tertiary/aromatic N) is 1. The normalized spacial score (nSPS) is 12.2. The van der Waals surface area contributed by atoms with Gasteiger partial charge < -0.3 is 10.5 Å². The third-order valence-corrected chi connectivity index (χ3v) is 3.13. The van der Waals surface area contributed by atoms with Gasteiger partial charge in [-0.15, -0.1) is 0 Å². The SMILES string of the molecule is COc1cnccc1C(N)c1ccc(C)cc1C. The van der Waals surface area contributed by atoms with Crippen LogP contribution < -0.4 is 10.5 Å². The van der Waals surface area contributed by atoms with E-state index in [2.05, 4.69) is 37.0 Å². The van der Waals surface area contributed by atoms with Crippen molar-refractivity contribution in [2.75, 3.05) is 7.11 Å². The summed E-state index contributed by atoms with van der Waals surface area (Å²) in [6.07, 6.45) is 3.43. The third kappa shape index (κ3) is 2.36. The van der Waals surface area contributed by atoms with Crippen LogP contribution in [0.3, 0.4) is 0 Å². The monoisotopic (exact) mass is 242 g/mol. The predicted molar refractivity (Wildman–Crippen MR) is 72.7 cm³/mol. The average Bonchev–Trinajstić information content (AvgIpc) is 2.38. The Kier molecular flexibility index (Phi) is 3.63. The lowest BCUT2D eigenvalue weighted by Gasteiger charge is -2.18. The Bertz CT molecular complexity index is 552. The molecule has 0 bridgehead atoms. The molecule has 0 spiro atoms. The van der Waals surface area contributed by atoms with Gasteiger partial charge in [-0.3, -0.25) is 4.98 Å². The van der Waals surface area contributed by atoms with Gasteiger partial charge in [0.1, 0.15) is 5.75 Å². The number of hydrogen-bond acceptors (Lipinski definition) is 3. The lowest BCUT2D eigenvalue weighted by molar-refractivity contribution is 0.406. The van der Waals surface area contributed by atoms with Crippen molar-refractivity contribution in [3.8, 4) is 5.75 Å². The number of ether oxygens (including phenoxy) is 1. The van der Waals surface area contributed by atoms with E-state index in [1.807, 2.05) is 6.07 Å². The minimum atomic E-state index is -0.191. The first-order valence-electron chi connectivity index (χ1n) is 5.94. The van der Waals surface area contributed by atoms with Gasteiger partial charge in [0.15, 0.2) is 0 Å². The number of benzene rings is 1. The summed E-state index contributed by atoms with van der Waals surface area (Å²) in [5, 5.41) is 0. The number of aromatic nitrogens is 1. The molecule has 3 heteroatoms. The van der Waals surface area contributed by atoms with E-state index in [4.69, 9.17) is 10.5 Å². The van der Waals surface area contributed by atoms with Crippen LogP contribution in [0, 0.1) is 13.8 Å². The van der Waals surface area contributed by atoms with E-state index in [0.717, 1.165) is 16.9 Å². The Hall–Kier alpha value is -1.87. The molecular formula is C15H18N2O. The largest absolute Gasteiger partial charge is 0.495 e. The maximum absolute atomic E-state index is 6.34. The molecule has 2 rings (SSSR count). The van der Waals surface area contributed by atoms with Crippen LogP contribution in [0.1, 0.15) is 28.3 Å². The molecule has 1 aromatic heterocycles. The number of hydrogen-bond donors (Lipinski definition) is 1. The maximum atomic E-state index is 6.34. The fourth-order valence-electron chi connectivity index (χ4n) is 2.16. The summed E-state index contributed by atoms with van der Waals surface area (Å²) in [6, 6.07) is 8.01. The second-order valence-electron chi connectivity index (χ2n) is 4.46. The van der Waals surface area contributed by atoms with Crippen molar-refractivity contribution < 1.29 is 4.74 Å². The van der Waals surface area contributed by atoms with Gasteiger partial charge in [0.05, 0.1) is 19.3 Å². The molecular weight excluding hydrogens is 224 g/mol. The fourth-order valence-corrected chi connectivity index (χ4v) is 2.16. The third-order valence-electron chi connectivity index (χ3n) is 3.13. The Morgan fingerprint density at radius 2 is 1.94 bits per heavy atom. The number of pyridine rings is 1. The first-order valence-corrected chi connectivity index (χ1v) is 5.94. The number of methoxy groups -OCH3 is 1. The second kappa shape index (κ2) is 5.19. The van der Waals surface area contributed by atoms with Gasteiger partial charge >= 0.3 is 0 Å². The first kappa shape index (κ1) is 12.6. The highest BCUT2D eigenvalue weighted by atomic mass is 16.5. The van der Waals surface area contributed by atoms with Crippen LogP contribution in [0.15, 0.2) is 36.7 Å². The summed E-state index contributed by atoms with van der Waals surface area (Å²) in [7, 11) is 1.63. The molecule has 94 valence electrons. The van der Waals surface area contributed by atoms with Crippen LogP contribution >= 0.6 is 0 Å². The van der Waals surface area contributed by atoms with Gasteiger partial charge in [0, 0.05) is 11.8 Å². The smallest absolute Gasteiger partial charge is 0.142 e. The van der Waals surface area contributed by atoms with Crippen molar-refractivity contribution >= 4 is 0 Å². The zero-order valence-corrected chi connectivity index (χ0v) is 11.0. The van der Waals surface area contributed by atoms with Crippen LogP contribution in [-0.4, -0.2) is 12.1 Å². The van der Waals surface area contributed by atoms with Crippen LogP contribution in [0.5, 0.6) is 5.75 Å². The molecule has 0 aliphatic heterocycles. The highest BCUT2D eigenvalue weighted by molar-refractivity contribution is 5.43. The molecule has 3 nitrogen and oxygen atoms in total. The molecule has 0 saturated heterocycles. The molecule has 2 aromatic rings. The van der Waals surface area contributed by atoms with E-state index in [0.29, 0.717) is 0 Å². The van der Waals surface area contributed by atoms with Crippen molar-refractivity contribution in [2.45, 2.75) is 19.9 Å². The lowest BCUT2D eigenvalue weighted by atomic mass is 9.95. The molecule has 0 fully saturated rings. The van der Waals surface area contributed by atoms with Gasteiger partial charge in [-0.2, -0.15) is 0 Å². The van der Waals surface area contributed by atoms with Crippen LogP contribution in [0.4, 0.5) is 0 Å². The molecule has 0 aliphatic carbocycles. The first-order chi connectivity index (χ1) is 8.63. The summed E-state index contributed by atoms with van der Waals surface area (Å²) in [4.78, 5) is 4.05. The van der Waals surface area contributed by atoms with Crippen LogP contribution in [-0.2, 0) is 0 Å². The zero-order valence-electron chi connectivity index (χ0n) is 11.0. The van der Waals surface area contributed by atoms with Gasteiger partial charge in [-0.05, 0) is 31.0 Å². The lowest BCUT2D eigenvalue weighted by Crippen LogP contribution is -2.14. The van der Waals surface area contributed by atoms with E-state index in [-0.39, 0.29) is 6.04 Å². The summed E-state index contributed by atoms with van der Waals surface area (Å²) >= 11 is 0. The van der Waals surface area contributed by atoms with E-state index in [1.54, 1.807) is 19.5 Å². The van der Waals surface area contributed by atoms with Crippen LogP contribution in [0.2, 0.25) is 0 Å². The van der Waals surface area contributed by atoms with Crippen molar-refractivity contribution in [3.05, 3.63) is 58.9 Å². The molecule has 0 radical (unpaired) electrons. The number of aryl methyl sites for hydroxylation is 2. The molecule has 0 amide bonds. The van der Waals surface area contributed by atoms with Gasteiger partial charge in [0.25, 0.3) is 0 Å². The van der Waals surface area contributed by atoms with Crippen molar-refractivity contribution in [3.63, 3.8) is 0 Å². The summed E-state index contributed by atoms with van der Waals surface area (Å²) in [5.74, 6) is 0.727. The zero-order chi connectivity index (χ0) is 13.1.